The van der Waals surface area contributed by atoms with Gasteiger partial charge in [0.25, 0.3) is 0 Å². The minimum Gasteiger partial charge on any atom is -0.385 e. The highest BCUT2D eigenvalue weighted by molar-refractivity contribution is 7.90. The van der Waals surface area contributed by atoms with Gasteiger partial charge in [-0.15, -0.1) is 0 Å². The maximum Gasteiger partial charge on any atom is 0.214 e. The second-order valence-corrected chi connectivity index (χ2v) is 10.7. The van der Waals surface area contributed by atoms with Gasteiger partial charge in [0.1, 0.15) is 0 Å². The van der Waals surface area contributed by atoms with Crippen LogP contribution in [0.3, 0.4) is 0 Å². The smallest absolute Gasteiger partial charge is 0.214 e. The van der Waals surface area contributed by atoms with Gasteiger partial charge in [-0.05, 0) is 89.0 Å². The van der Waals surface area contributed by atoms with E-state index >= 15 is 0 Å². The second-order valence-electron chi connectivity index (χ2n) is 8.40. The van der Waals surface area contributed by atoms with Crippen molar-refractivity contribution in [1.82, 2.24) is 4.72 Å². The maximum atomic E-state index is 12.0. The summed E-state index contributed by atoms with van der Waals surface area (Å²) in [6.07, 6.45) is 7.98. The Kier molecular flexibility index (Phi) is 7.04. The summed E-state index contributed by atoms with van der Waals surface area (Å²) in [5, 5.41) is 3.21. The molecule has 2 aliphatic rings. The highest BCUT2D eigenvalue weighted by Crippen LogP contribution is 2.26. The average molecular weight is 394 g/mol. The Morgan fingerprint density at radius 3 is 2.22 bits per heavy atom. The molecule has 0 spiro atoms. The fourth-order valence-electron chi connectivity index (χ4n) is 4.06. The summed E-state index contributed by atoms with van der Waals surface area (Å²) in [6, 6.07) is 8.94. The van der Waals surface area contributed by atoms with E-state index in [4.69, 9.17) is 0 Å². The van der Waals surface area contributed by atoms with Gasteiger partial charge in [0.2, 0.25) is 10.0 Å². The van der Waals surface area contributed by atoms with E-state index in [1.807, 2.05) is 0 Å². The molecule has 0 radical (unpaired) electrons. The molecule has 0 amide bonds. The minimum atomic E-state index is -3.15. The molecule has 0 aromatic heterocycles. The van der Waals surface area contributed by atoms with Crippen LogP contribution in [0.25, 0.3) is 0 Å². The average Bonchev–Trinajstić information content (AvgIpc) is 2.68. The fraction of sp³-hybridized carbons (Fsp3) is 0.714. The van der Waals surface area contributed by atoms with Crippen LogP contribution in [0.2, 0.25) is 0 Å². The number of benzene rings is 1. The molecule has 6 heteroatoms. The van der Waals surface area contributed by atoms with Crippen LogP contribution in [-0.4, -0.2) is 39.3 Å². The van der Waals surface area contributed by atoms with E-state index in [9.17, 15) is 8.42 Å². The van der Waals surface area contributed by atoms with Gasteiger partial charge >= 0.3 is 0 Å². The van der Waals surface area contributed by atoms with Crippen molar-refractivity contribution < 1.29 is 8.42 Å². The molecule has 2 fully saturated rings. The van der Waals surface area contributed by atoms with Gasteiger partial charge in [-0.2, -0.15) is 0 Å². The van der Waals surface area contributed by atoms with E-state index in [1.165, 1.54) is 43.7 Å². The van der Waals surface area contributed by atoms with E-state index in [0.29, 0.717) is 5.92 Å². The zero-order chi connectivity index (χ0) is 19.3. The van der Waals surface area contributed by atoms with Crippen LogP contribution in [0.1, 0.15) is 58.8 Å². The second kappa shape index (κ2) is 9.28. The molecule has 1 heterocycles. The SMILES string of the molecule is CC(C)S(=O)(=O)NC1CCC(CNc2ccc(N3CCCCC3)cc2)CC1. The Morgan fingerprint density at radius 1 is 1.00 bits per heavy atom. The predicted molar refractivity (Wildman–Crippen MR) is 114 cm³/mol. The normalized spacial score (nSPS) is 24.2. The lowest BCUT2D eigenvalue weighted by molar-refractivity contribution is 0.323. The summed E-state index contributed by atoms with van der Waals surface area (Å²) < 4.78 is 26.9. The summed E-state index contributed by atoms with van der Waals surface area (Å²) in [5.74, 6) is 0.617. The number of piperidine rings is 1. The summed E-state index contributed by atoms with van der Waals surface area (Å²) in [7, 11) is -3.15. The standard InChI is InChI=1S/C21H35N3O2S/c1-17(2)27(25,26)23-20-8-6-18(7-9-20)16-22-19-10-12-21(13-11-19)24-14-4-3-5-15-24/h10-13,17-18,20,22-23H,3-9,14-16H2,1-2H3. The molecular weight excluding hydrogens is 358 g/mol. The number of sulfonamides is 1. The van der Waals surface area contributed by atoms with E-state index in [1.54, 1.807) is 13.8 Å². The first-order valence-corrected chi connectivity index (χ1v) is 12.1. The molecule has 1 saturated heterocycles. The van der Waals surface area contributed by atoms with Crippen LogP contribution in [0.4, 0.5) is 11.4 Å². The summed E-state index contributed by atoms with van der Waals surface area (Å²) in [4.78, 5) is 2.48. The Bertz CT molecular complexity index is 674. The van der Waals surface area contributed by atoms with Gasteiger partial charge in [0, 0.05) is 37.1 Å². The third kappa shape index (κ3) is 5.85. The Hall–Kier alpha value is -1.27. The van der Waals surface area contributed by atoms with E-state index in [0.717, 1.165) is 32.2 Å². The first kappa shape index (κ1) is 20.5. The van der Waals surface area contributed by atoms with Crippen molar-refractivity contribution >= 4 is 21.4 Å². The van der Waals surface area contributed by atoms with Gasteiger partial charge in [-0.3, -0.25) is 0 Å². The molecule has 1 aliphatic carbocycles. The molecular formula is C21H35N3O2S. The molecule has 0 atom stereocenters. The van der Waals surface area contributed by atoms with Gasteiger partial charge < -0.3 is 10.2 Å². The third-order valence-electron chi connectivity index (χ3n) is 5.98. The van der Waals surface area contributed by atoms with E-state index < -0.39 is 10.0 Å². The third-order valence-corrected chi connectivity index (χ3v) is 7.88. The maximum absolute atomic E-state index is 12.0. The van der Waals surface area contributed by atoms with Crippen LogP contribution < -0.4 is 14.9 Å². The highest BCUT2D eigenvalue weighted by Gasteiger charge is 2.26. The number of nitrogens with one attached hydrogen (secondary N) is 2. The van der Waals surface area contributed by atoms with Crippen LogP contribution in [-0.2, 0) is 10.0 Å². The molecule has 3 rings (SSSR count). The Morgan fingerprint density at radius 2 is 1.63 bits per heavy atom. The minimum absolute atomic E-state index is 0.109. The van der Waals surface area contributed by atoms with Crippen molar-refractivity contribution in [2.24, 2.45) is 5.92 Å². The first-order valence-electron chi connectivity index (χ1n) is 10.5. The molecule has 5 nitrogen and oxygen atoms in total. The zero-order valence-corrected chi connectivity index (χ0v) is 17.6. The van der Waals surface area contributed by atoms with Gasteiger partial charge in [-0.1, -0.05) is 0 Å². The largest absolute Gasteiger partial charge is 0.385 e. The van der Waals surface area contributed by atoms with Crippen LogP contribution >= 0.6 is 0 Å². The number of anilines is 2. The van der Waals surface area contributed by atoms with Crippen molar-refractivity contribution in [3.63, 3.8) is 0 Å². The molecule has 1 saturated carbocycles. The lowest BCUT2D eigenvalue weighted by Gasteiger charge is -2.30. The Balaban J connectivity index is 1.41. The number of hydrogen-bond acceptors (Lipinski definition) is 4. The number of rotatable bonds is 7. The molecule has 0 unspecified atom stereocenters. The Labute approximate surface area is 165 Å². The monoisotopic (exact) mass is 393 g/mol. The molecule has 1 aliphatic heterocycles. The van der Waals surface area contributed by atoms with Crippen LogP contribution in [0.15, 0.2) is 24.3 Å². The first-order chi connectivity index (χ1) is 12.9. The highest BCUT2D eigenvalue weighted by atomic mass is 32.2. The van der Waals surface area contributed by atoms with Gasteiger partial charge in [0.15, 0.2) is 0 Å². The van der Waals surface area contributed by atoms with E-state index in [-0.39, 0.29) is 11.3 Å². The predicted octanol–water partition coefficient (Wildman–Crippen LogP) is 3.98. The lowest BCUT2D eigenvalue weighted by atomic mass is 9.86. The molecule has 1 aromatic carbocycles. The number of nitrogens with zero attached hydrogens (tertiary/aromatic N) is 1. The van der Waals surface area contributed by atoms with Crippen molar-refractivity contribution in [1.29, 1.82) is 0 Å². The zero-order valence-electron chi connectivity index (χ0n) is 16.8. The molecule has 1 aromatic rings. The fourth-order valence-corrected chi connectivity index (χ4v) is 5.03. The summed E-state index contributed by atoms with van der Waals surface area (Å²) in [5.41, 5.74) is 2.51. The van der Waals surface area contributed by atoms with E-state index in [2.05, 4.69) is 39.2 Å². The molecule has 2 N–H and O–H groups in total. The quantitative estimate of drug-likeness (QED) is 0.736. The lowest BCUT2D eigenvalue weighted by Crippen LogP contribution is -2.41. The van der Waals surface area contributed by atoms with Gasteiger partial charge in [-0.25, -0.2) is 13.1 Å². The van der Waals surface area contributed by atoms with Gasteiger partial charge in [0.05, 0.1) is 5.25 Å². The summed E-state index contributed by atoms with van der Waals surface area (Å²) >= 11 is 0. The van der Waals surface area contributed by atoms with Crippen LogP contribution in [0, 0.1) is 5.92 Å². The van der Waals surface area contributed by atoms with Crippen molar-refractivity contribution in [3.05, 3.63) is 24.3 Å². The number of hydrogen-bond donors (Lipinski definition) is 2. The molecule has 27 heavy (non-hydrogen) atoms. The van der Waals surface area contributed by atoms with Crippen molar-refractivity contribution in [2.75, 3.05) is 29.9 Å². The summed E-state index contributed by atoms with van der Waals surface area (Å²) in [6.45, 7) is 6.78. The molecule has 152 valence electrons. The van der Waals surface area contributed by atoms with Crippen molar-refractivity contribution in [2.45, 2.75) is 70.1 Å². The topological polar surface area (TPSA) is 61.4 Å². The van der Waals surface area contributed by atoms with Crippen LogP contribution in [0.5, 0.6) is 0 Å². The van der Waals surface area contributed by atoms with Crippen molar-refractivity contribution in [3.8, 4) is 0 Å². The molecule has 0 bridgehead atoms.